The van der Waals surface area contributed by atoms with Gasteiger partial charge in [-0.2, -0.15) is 0 Å². The van der Waals surface area contributed by atoms with Crippen molar-refractivity contribution in [1.82, 2.24) is 9.97 Å². The van der Waals surface area contributed by atoms with Crippen molar-refractivity contribution in [3.63, 3.8) is 0 Å². The fourth-order valence-electron chi connectivity index (χ4n) is 1.53. The first-order valence-corrected chi connectivity index (χ1v) is 10.2. The van der Waals surface area contributed by atoms with Crippen molar-refractivity contribution in [2.24, 2.45) is 0 Å². The van der Waals surface area contributed by atoms with Crippen LogP contribution < -0.4 is 0 Å². The fourth-order valence-corrected chi connectivity index (χ4v) is 3.21. The third-order valence-corrected chi connectivity index (χ3v) is 4.29. The summed E-state index contributed by atoms with van der Waals surface area (Å²) in [7, 11) is -1.88. The summed E-state index contributed by atoms with van der Waals surface area (Å²) < 4.78 is 5.51. The molecule has 100 valence electrons. The van der Waals surface area contributed by atoms with Gasteiger partial charge in [-0.3, -0.25) is 4.98 Å². The van der Waals surface area contributed by atoms with Crippen LogP contribution in [0.15, 0.2) is 24.5 Å². The molecule has 6 heteroatoms. The van der Waals surface area contributed by atoms with Gasteiger partial charge >= 0.3 is 5.97 Å². The number of hydrogen-bond donors (Lipinski definition) is 0. The molecule has 2 heterocycles. The third-order valence-electron chi connectivity index (χ3n) is 2.31. The standard InChI is InChI=1S/C13H16N2O2SSi/c1-9-11(13(16)17-19(2,3)4)18-12(15-9)10-5-7-14-8-6-10/h5-8H,1-4H3. The summed E-state index contributed by atoms with van der Waals surface area (Å²) in [5.74, 6) is -0.255. The zero-order chi connectivity index (χ0) is 14.0. The quantitative estimate of drug-likeness (QED) is 0.812. The van der Waals surface area contributed by atoms with Gasteiger partial charge in [-0.25, -0.2) is 9.78 Å². The molecule has 0 radical (unpaired) electrons. The molecule has 2 rings (SSSR count). The van der Waals surface area contributed by atoms with Crippen LogP contribution in [0.5, 0.6) is 0 Å². The summed E-state index contributed by atoms with van der Waals surface area (Å²) in [6.07, 6.45) is 3.43. The van der Waals surface area contributed by atoms with Gasteiger partial charge in [0.25, 0.3) is 0 Å². The van der Waals surface area contributed by atoms with E-state index in [0.717, 1.165) is 16.3 Å². The zero-order valence-corrected chi connectivity index (χ0v) is 13.2. The molecule has 0 unspecified atom stereocenters. The Morgan fingerprint density at radius 3 is 2.47 bits per heavy atom. The molecule has 0 spiro atoms. The first-order valence-electron chi connectivity index (χ1n) is 5.98. The monoisotopic (exact) mass is 292 g/mol. The summed E-state index contributed by atoms with van der Waals surface area (Å²) in [5, 5.41) is 0.822. The van der Waals surface area contributed by atoms with Crippen molar-refractivity contribution < 1.29 is 9.22 Å². The van der Waals surface area contributed by atoms with Crippen LogP contribution in [-0.4, -0.2) is 24.3 Å². The maximum Gasteiger partial charge on any atom is 0.336 e. The fraction of sp³-hybridized carbons (Fsp3) is 0.308. The second kappa shape index (κ2) is 5.22. The van der Waals surface area contributed by atoms with E-state index in [4.69, 9.17) is 4.43 Å². The van der Waals surface area contributed by atoms with Gasteiger partial charge in [0, 0.05) is 18.0 Å². The Balaban J connectivity index is 2.30. The topological polar surface area (TPSA) is 52.1 Å². The maximum absolute atomic E-state index is 12.1. The lowest BCUT2D eigenvalue weighted by molar-refractivity contribution is 0.0729. The van der Waals surface area contributed by atoms with Crippen molar-refractivity contribution in [2.75, 3.05) is 0 Å². The van der Waals surface area contributed by atoms with Crippen LogP contribution >= 0.6 is 11.3 Å². The van der Waals surface area contributed by atoms with E-state index in [1.54, 1.807) is 12.4 Å². The van der Waals surface area contributed by atoms with Gasteiger partial charge in [0.05, 0.1) is 5.69 Å². The van der Waals surface area contributed by atoms with Gasteiger partial charge < -0.3 is 4.43 Å². The van der Waals surface area contributed by atoms with E-state index in [-0.39, 0.29) is 5.97 Å². The number of pyridine rings is 1. The molecule has 0 saturated heterocycles. The molecule has 0 fully saturated rings. The Bertz CT molecular complexity index is 590. The van der Waals surface area contributed by atoms with Gasteiger partial charge in [0.2, 0.25) is 8.32 Å². The smallest absolute Gasteiger partial charge is 0.336 e. The molecule has 19 heavy (non-hydrogen) atoms. The van der Waals surface area contributed by atoms with E-state index in [0.29, 0.717) is 4.88 Å². The molecule has 4 nitrogen and oxygen atoms in total. The number of rotatable bonds is 3. The van der Waals surface area contributed by atoms with E-state index in [9.17, 15) is 4.79 Å². The molecule has 0 aromatic carbocycles. The molecule has 0 saturated carbocycles. The van der Waals surface area contributed by atoms with Crippen molar-refractivity contribution in [3.05, 3.63) is 35.1 Å². The second-order valence-electron chi connectivity index (χ2n) is 5.17. The Kier molecular flexibility index (Phi) is 3.82. The zero-order valence-electron chi connectivity index (χ0n) is 11.4. The van der Waals surface area contributed by atoms with Gasteiger partial charge in [-0.05, 0) is 38.7 Å². The molecule has 0 aliphatic heterocycles. The molecular weight excluding hydrogens is 276 g/mol. The molecule has 2 aromatic heterocycles. The lowest BCUT2D eigenvalue weighted by Gasteiger charge is -2.16. The number of aromatic nitrogens is 2. The molecule has 0 aliphatic carbocycles. The molecular formula is C13H16N2O2SSi. The molecule has 2 aromatic rings. The summed E-state index contributed by atoms with van der Waals surface area (Å²) in [6.45, 7) is 7.81. The van der Waals surface area contributed by atoms with Crippen LogP contribution in [0.1, 0.15) is 15.4 Å². The van der Waals surface area contributed by atoms with Crippen LogP contribution in [0.3, 0.4) is 0 Å². The predicted molar refractivity (Wildman–Crippen MR) is 78.8 cm³/mol. The van der Waals surface area contributed by atoms with Crippen molar-refractivity contribution in [1.29, 1.82) is 0 Å². The predicted octanol–water partition coefficient (Wildman–Crippen LogP) is 3.51. The molecule has 0 amide bonds. The number of hydrogen-bond acceptors (Lipinski definition) is 5. The van der Waals surface area contributed by atoms with Crippen molar-refractivity contribution >= 4 is 25.6 Å². The van der Waals surface area contributed by atoms with Crippen LogP contribution in [0.2, 0.25) is 19.6 Å². The number of nitrogens with zero attached hydrogens (tertiary/aromatic N) is 2. The lowest BCUT2D eigenvalue weighted by Crippen LogP contribution is -2.29. The third kappa shape index (κ3) is 3.48. The minimum Gasteiger partial charge on any atom is -0.516 e. The Hall–Kier alpha value is -1.53. The number of thiazole rings is 1. The van der Waals surface area contributed by atoms with Gasteiger partial charge in [0.15, 0.2) is 0 Å². The van der Waals surface area contributed by atoms with E-state index >= 15 is 0 Å². The summed E-state index contributed by atoms with van der Waals surface area (Å²) >= 11 is 1.37. The highest BCUT2D eigenvalue weighted by atomic mass is 32.1. The van der Waals surface area contributed by atoms with Crippen LogP contribution in [0.4, 0.5) is 0 Å². The molecule has 0 bridgehead atoms. The highest BCUT2D eigenvalue weighted by Crippen LogP contribution is 2.28. The Labute approximate surface area is 117 Å². The van der Waals surface area contributed by atoms with E-state index in [1.807, 2.05) is 38.7 Å². The lowest BCUT2D eigenvalue weighted by atomic mass is 10.3. The van der Waals surface area contributed by atoms with E-state index in [1.165, 1.54) is 11.3 Å². The maximum atomic E-state index is 12.1. The first kappa shape index (κ1) is 13.9. The second-order valence-corrected chi connectivity index (χ2v) is 10.6. The Morgan fingerprint density at radius 1 is 1.26 bits per heavy atom. The Morgan fingerprint density at radius 2 is 1.89 bits per heavy atom. The van der Waals surface area contributed by atoms with Crippen LogP contribution in [0, 0.1) is 6.92 Å². The van der Waals surface area contributed by atoms with Crippen LogP contribution in [0.25, 0.3) is 10.6 Å². The van der Waals surface area contributed by atoms with E-state index in [2.05, 4.69) is 9.97 Å². The summed E-state index contributed by atoms with van der Waals surface area (Å²) in [4.78, 5) is 21.1. The van der Waals surface area contributed by atoms with E-state index < -0.39 is 8.32 Å². The normalized spacial score (nSPS) is 11.4. The van der Waals surface area contributed by atoms with Gasteiger partial charge in [0.1, 0.15) is 9.88 Å². The average Bonchev–Trinajstić information content (AvgIpc) is 2.70. The summed E-state index contributed by atoms with van der Waals surface area (Å²) in [6, 6.07) is 3.76. The first-order chi connectivity index (χ1) is 8.87. The van der Waals surface area contributed by atoms with Gasteiger partial charge in [-0.1, -0.05) is 0 Å². The number of carbonyl (C=O) groups excluding carboxylic acids is 1. The molecule has 0 N–H and O–H groups in total. The SMILES string of the molecule is Cc1nc(-c2ccncc2)sc1C(=O)O[Si](C)(C)C. The van der Waals surface area contributed by atoms with Crippen molar-refractivity contribution in [3.8, 4) is 10.6 Å². The largest absolute Gasteiger partial charge is 0.516 e. The molecule has 0 atom stereocenters. The number of aryl methyl sites for hydroxylation is 1. The minimum absolute atomic E-state index is 0.255. The highest BCUT2D eigenvalue weighted by Gasteiger charge is 2.24. The highest BCUT2D eigenvalue weighted by molar-refractivity contribution is 7.17. The number of carbonyl (C=O) groups is 1. The summed E-state index contributed by atoms with van der Waals surface area (Å²) in [5.41, 5.74) is 1.69. The van der Waals surface area contributed by atoms with Crippen LogP contribution in [-0.2, 0) is 4.43 Å². The van der Waals surface area contributed by atoms with Crippen molar-refractivity contribution in [2.45, 2.75) is 26.6 Å². The minimum atomic E-state index is -1.88. The molecule has 0 aliphatic rings. The van der Waals surface area contributed by atoms with Gasteiger partial charge in [-0.15, -0.1) is 11.3 Å². The average molecular weight is 292 g/mol.